The van der Waals surface area contributed by atoms with Crippen molar-refractivity contribution in [2.45, 2.75) is 463 Å². The highest BCUT2D eigenvalue weighted by molar-refractivity contribution is 7.25. The van der Waals surface area contributed by atoms with E-state index in [2.05, 4.69) is 100 Å². The highest BCUT2D eigenvalue weighted by atomic mass is 32.1. The summed E-state index contributed by atoms with van der Waals surface area (Å²) in [5, 5.41) is 6.26. The summed E-state index contributed by atoms with van der Waals surface area (Å²) < 4.78 is 8.68. The molecule has 0 radical (unpaired) electrons. The summed E-state index contributed by atoms with van der Waals surface area (Å²) in [7, 11) is 0. The fraction of sp³-hybridized carbons (Fsp3) is 0.820. The second-order valence-corrected chi connectivity index (χ2v) is 33.4. The number of benzene rings is 1. The molecule has 1 nitrogen and oxygen atoms in total. The molecule has 0 saturated carbocycles. The monoisotopic (exact) mass is 1340 g/mol. The first kappa shape index (κ1) is 84.0. The molecule has 93 heavy (non-hydrogen) atoms. The van der Waals surface area contributed by atoms with E-state index in [0.717, 1.165) is 19.4 Å². The summed E-state index contributed by atoms with van der Waals surface area (Å²) in [5.74, 6) is 0. The van der Waals surface area contributed by atoms with Crippen molar-refractivity contribution in [1.82, 2.24) is 0 Å². The van der Waals surface area contributed by atoms with Gasteiger partial charge in [-0.3, -0.25) is 0 Å². The van der Waals surface area contributed by atoms with Gasteiger partial charge in [-0.1, -0.05) is 432 Å². The number of ether oxygens (including phenoxy) is 1. The smallest absolute Gasteiger partial charge is 0.0945 e. The average molecular weight is 1340 g/mol. The molecule has 0 aliphatic heterocycles. The Morgan fingerprint density at radius 2 is 0.570 bits per heavy atom. The topological polar surface area (TPSA) is 9.23 Å². The van der Waals surface area contributed by atoms with Crippen LogP contribution in [0.25, 0.3) is 30.3 Å². The molecular weight excluding hydrogens is 1180 g/mol. The lowest BCUT2D eigenvalue weighted by molar-refractivity contribution is -0.0600. The molecule has 0 saturated heterocycles. The van der Waals surface area contributed by atoms with Crippen molar-refractivity contribution in [1.29, 1.82) is 0 Å². The summed E-state index contributed by atoms with van der Waals surface area (Å²) in [6.07, 6.45) is 90.1. The molecule has 3 heterocycles. The molecule has 1 aromatic carbocycles. The van der Waals surface area contributed by atoms with Gasteiger partial charge < -0.3 is 4.74 Å². The van der Waals surface area contributed by atoms with Crippen molar-refractivity contribution >= 4 is 44.1 Å². The van der Waals surface area contributed by atoms with E-state index in [9.17, 15) is 0 Å². The number of hydrogen-bond acceptors (Lipinski definition) is 4. The van der Waals surface area contributed by atoms with Crippen LogP contribution in [0.4, 0.5) is 0 Å². The number of thiophene rings is 3. The summed E-state index contributed by atoms with van der Waals surface area (Å²) in [6, 6.07) is 15.1. The van der Waals surface area contributed by atoms with Crippen LogP contribution in [0.3, 0.4) is 0 Å². The molecule has 0 unspecified atom stereocenters. The second-order valence-electron chi connectivity index (χ2n) is 30.5. The maximum absolute atomic E-state index is 7.24. The van der Waals surface area contributed by atoms with Crippen molar-refractivity contribution in [3.63, 3.8) is 0 Å². The Hall–Kier alpha value is -1.46. The largest absolute Gasteiger partial charge is 0.371 e. The van der Waals surface area contributed by atoms with Crippen LogP contribution < -0.4 is 0 Å². The Morgan fingerprint density at radius 3 is 0.882 bits per heavy atom. The summed E-state index contributed by atoms with van der Waals surface area (Å²) in [5.41, 5.74) is 4.53. The van der Waals surface area contributed by atoms with Gasteiger partial charge in [0, 0.05) is 31.5 Å². The summed E-state index contributed by atoms with van der Waals surface area (Å²) in [4.78, 5) is 4.50. The minimum atomic E-state index is -0.220. The standard InChI is InChI=1S/C89H156OS3/c1-7-12-16-20-24-28-32-36-40-44-48-52-56-60-64-72-88(6,73-65-61-57-53-49-45-41-37-33-29-25-21-17-13-8-2)82-70-76-92-87(82)85-78-80-68-69-81(79-84(80)93-85)86-83(71-77-91-86)89(90-11-5,74-66-62-58-54-50-46-42-38-34-30-26-22-18-14-9-3)75-67-63-59-55-51-47-43-39-35-31-27-23-19-15-10-4/h68-71,76-79H,7-67,72-75H2,1-6H3. The predicted molar refractivity (Wildman–Crippen MR) is 427 cm³/mol. The maximum atomic E-state index is 7.24. The van der Waals surface area contributed by atoms with Gasteiger partial charge in [0.25, 0.3) is 0 Å². The molecule has 4 rings (SSSR count). The SMILES string of the molecule is CCCCCCCCCCCCCCCCCC(C)(CCCCCCCCCCCCCCCCC)c1ccsc1-c1cc2ccc(-c3sccc3C(CCCCCCCCCCCCCCCCC)(CCCCCCCCCCCCCCCCC)OCC)cc2s1. The van der Waals surface area contributed by atoms with Crippen molar-refractivity contribution < 1.29 is 4.74 Å². The normalized spacial score (nSPS) is 12.2. The van der Waals surface area contributed by atoms with Crippen molar-refractivity contribution in [2.75, 3.05) is 6.61 Å². The molecule has 0 bridgehead atoms. The average Bonchev–Trinajstić information content (AvgIpc) is 1.67. The molecule has 536 valence electrons. The Balaban J connectivity index is 1.41. The van der Waals surface area contributed by atoms with Crippen LogP contribution in [0.2, 0.25) is 0 Å². The third-order valence-electron chi connectivity index (χ3n) is 21.9. The number of hydrogen-bond donors (Lipinski definition) is 0. The third kappa shape index (κ3) is 38.6. The molecule has 0 atom stereocenters. The lowest BCUT2D eigenvalue weighted by Crippen LogP contribution is -2.30. The van der Waals surface area contributed by atoms with E-state index >= 15 is 0 Å². The van der Waals surface area contributed by atoms with Crippen LogP contribution in [-0.4, -0.2) is 6.61 Å². The van der Waals surface area contributed by atoms with Crippen LogP contribution in [-0.2, 0) is 15.8 Å². The van der Waals surface area contributed by atoms with Crippen LogP contribution in [0.1, 0.15) is 464 Å². The van der Waals surface area contributed by atoms with E-state index in [4.69, 9.17) is 4.74 Å². The van der Waals surface area contributed by atoms with Crippen LogP contribution in [0, 0.1) is 0 Å². The molecule has 0 spiro atoms. The lowest BCUT2D eigenvalue weighted by Gasteiger charge is -2.35. The van der Waals surface area contributed by atoms with Crippen molar-refractivity contribution in [3.05, 3.63) is 58.3 Å². The van der Waals surface area contributed by atoms with Gasteiger partial charge in [0.05, 0.1) is 5.60 Å². The maximum Gasteiger partial charge on any atom is 0.0945 e. The highest BCUT2D eigenvalue weighted by Gasteiger charge is 2.36. The molecule has 3 aromatic heterocycles. The fourth-order valence-corrected chi connectivity index (χ4v) is 19.0. The van der Waals surface area contributed by atoms with Gasteiger partial charge in [-0.2, -0.15) is 0 Å². The van der Waals surface area contributed by atoms with E-state index in [1.54, 1.807) is 10.4 Å². The van der Waals surface area contributed by atoms with E-state index in [0.29, 0.717) is 0 Å². The number of fused-ring (bicyclic) bond motifs is 1. The minimum Gasteiger partial charge on any atom is -0.371 e. The number of rotatable bonds is 70. The molecule has 0 fully saturated rings. The van der Waals surface area contributed by atoms with Crippen LogP contribution in [0.15, 0.2) is 47.2 Å². The highest BCUT2D eigenvalue weighted by Crippen LogP contribution is 2.49. The molecular formula is C89H156OS3. The zero-order valence-electron chi connectivity index (χ0n) is 63.2. The summed E-state index contributed by atoms with van der Waals surface area (Å²) >= 11 is 6.06. The Kier molecular flexibility index (Phi) is 52.7. The molecule has 0 N–H and O–H groups in total. The summed E-state index contributed by atoms with van der Waals surface area (Å²) in [6.45, 7) is 15.0. The quantitative estimate of drug-likeness (QED) is 0.0400. The van der Waals surface area contributed by atoms with Crippen molar-refractivity contribution in [3.8, 4) is 20.2 Å². The molecule has 4 aromatic rings. The van der Waals surface area contributed by atoms with E-state index in [1.807, 2.05) is 22.7 Å². The van der Waals surface area contributed by atoms with Crippen molar-refractivity contribution in [2.24, 2.45) is 0 Å². The molecule has 4 heteroatoms. The van der Waals surface area contributed by atoms with Gasteiger partial charge in [-0.05, 0) is 89.6 Å². The Bertz CT molecular complexity index is 2150. The van der Waals surface area contributed by atoms with Gasteiger partial charge in [0.15, 0.2) is 0 Å². The minimum absolute atomic E-state index is 0.220. The van der Waals surface area contributed by atoms with Gasteiger partial charge >= 0.3 is 0 Å². The van der Waals surface area contributed by atoms with E-state index in [1.165, 1.54) is 429 Å². The third-order valence-corrected chi connectivity index (χ3v) is 25.1. The molecule has 0 aliphatic rings. The second kappa shape index (κ2) is 58.3. The van der Waals surface area contributed by atoms with Crippen LogP contribution in [0.5, 0.6) is 0 Å². The zero-order valence-corrected chi connectivity index (χ0v) is 65.7. The molecule has 0 amide bonds. The van der Waals surface area contributed by atoms with Gasteiger partial charge in [0.2, 0.25) is 0 Å². The van der Waals surface area contributed by atoms with Gasteiger partial charge in [-0.15, -0.1) is 34.0 Å². The lowest BCUT2D eigenvalue weighted by atomic mass is 9.74. The van der Waals surface area contributed by atoms with Crippen LogP contribution >= 0.6 is 34.0 Å². The van der Waals surface area contributed by atoms with E-state index in [-0.39, 0.29) is 11.0 Å². The Morgan fingerprint density at radius 1 is 0.290 bits per heavy atom. The first-order valence-corrected chi connectivity index (χ1v) is 44.9. The Labute approximate surface area is 593 Å². The van der Waals surface area contributed by atoms with Gasteiger partial charge in [0.1, 0.15) is 0 Å². The van der Waals surface area contributed by atoms with E-state index < -0.39 is 0 Å². The molecule has 0 aliphatic carbocycles. The number of unbranched alkanes of at least 4 members (excludes halogenated alkanes) is 56. The zero-order chi connectivity index (χ0) is 66.1. The fourth-order valence-electron chi connectivity index (χ4n) is 15.8. The first-order valence-electron chi connectivity index (χ1n) is 42.3. The predicted octanol–water partition coefficient (Wildman–Crippen LogP) is 33.9. The van der Waals surface area contributed by atoms with Gasteiger partial charge in [-0.25, -0.2) is 0 Å². The first-order chi connectivity index (χ1) is 45.9.